The highest BCUT2D eigenvalue weighted by Gasteiger charge is 2.37. The second-order valence-corrected chi connectivity index (χ2v) is 7.94. The molecule has 1 saturated heterocycles. The molecule has 0 spiro atoms. The van der Waals surface area contributed by atoms with E-state index in [1.54, 1.807) is 12.4 Å². The van der Waals surface area contributed by atoms with Crippen molar-refractivity contribution >= 4 is 23.2 Å². The largest absolute Gasteiger partial charge is 0.390 e. The van der Waals surface area contributed by atoms with E-state index < -0.39 is 12.2 Å². The summed E-state index contributed by atoms with van der Waals surface area (Å²) in [5.74, 6) is 1.76. The topological polar surface area (TPSA) is 137 Å². The molecule has 5 rings (SSSR count). The van der Waals surface area contributed by atoms with E-state index in [9.17, 15) is 10.2 Å². The molecule has 0 aliphatic carbocycles. The van der Waals surface area contributed by atoms with Gasteiger partial charge >= 0.3 is 0 Å². The molecule has 4 N–H and O–H groups in total. The third-order valence-corrected chi connectivity index (χ3v) is 6.32. The Morgan fingerprint density at radius 1 is 1.28 bits per heavy atom. The monoisotopic (exact) mass is 410 g/mol. The molecule has 0 bridgehead atoms. The van der Waals surface area contributed by atoms with E-state index in [0.717, 1.165) is 16.8 Å². The molecule has 1 aliphatic heterocycles. The number of rotatable bonds is 5. The lowest BCUT2D eigenvalue weighted by Gasteiger charge is -2.15. The minimum atomic E-state index is -0.808. The number of nitrogens with zero attached hydrogens (tertiary/aromatic N) is 6. The summed E-state index contributed by atoms with van der Waals surface area (Å²) in [5, 5.41) is 37.1. The van der Waals surface area contributed by atoms with Crippen molar-refractivity contribution in [2.24, 2.45) is 0 Å². The van der Waals surface area contributed by atoms with Crippen LogP contribution in [0.5, 0.6) is 0 Å². The van der Waals surface area contributed by atoms with Crippen molar-refractivity contribution in [1.82, 2.24) is 35.0 Å². The fourth-order valence-electron chi connectivity index (χ4n) is 3.43. The van der Waals surface area contributed by atoms with Gasteiger partial charge in [0, 0.05) is 30.3 Å². The Morgan fingerprint density at radius 2 is 2.21 bits per heavy atom. The summed E-state index contributed by atoms with van der Waals surface area (Å²) in [6.07, 6.45) is 3.72. The first-order chi connectivity index (χ1) is 14.2. The van der Waals surface area contributed by atoms with Gasteiger partial charge in [0.25, 0.3) is 0 Å². The number of aromatic amines is 1. The minimum Gasteiger partial charge on any atom is -0.390 e. The van der Waals surface area contributed by atoms with E-state index in [1.807, 2.05) is 34.9 Å². The number of thioether (sulfide) groups is 1. The first kappa shape index (κ1) is 18.0. The maximum absolute atomic E-state index is 10.3. The molecule has 1 aromatic carbocycles. The summed E-state index contributed by atoms with van der Waals surface area (Å²) in [5.41, 5.74) is 3.46. The Bertz CT molecular complexity index is 1130. The average Bonchev–Trinajstić information content (AvgIpc) is 3.48. The Labute approximate surface area is 169 Å². The van der Waals surface area contributed by atoms with Gasteiger partial charge in [-0.2, -0.15) is 0 Å². The molecule has 10 nitrogen and oxygen atoms in total. The summed E-state index contributed by atoms with van der Waals surface area (Å²) in [7, 11) is 0. The molecule has 0 unspecified atom stereocenters. The van der Waals surface area contributed by atoms with Gasteiger partial charge in [-0.1, -0.05) is 18.2 Å². The van der Waals surface area contributed by atoms with Crippen molar-refractivity contribution in [3.8, 4) is 11.4 Å². The molecule has 4 heterocycles. The summed E-state index contributed by atoms with van der Waals surface area (Å²) < 4.78 is 1.91. The van der Waals surface area contributed by atoms with E-state index >= 15 is 0 Å². The van der Waals surface area contributed by atoms with Gasteiger partial charge < -0.3 is 15.5 Å². The molecule has 0 radical (unpaired) electrons. The van der Waals surface area contributed by atoms with Crippen LogP contribution in [-0.4, -0.2) is 63.2 Å². The van der Waals surface area contributed by atoms with Crippen LogP contribution < -0.4 is 5.32 Å². The fraction of sp³-hybridized carbons (Fsp3) is 0.278. The Kier molecular flexibility index (Phi) is 4.62. The molecule has 0 saturated carbocycles. The molecule has 1 fully saturated rings. The summed E-state index contributed by atoms with van der Waals surface area (Å²) in [6, 6.07) is 7.88. The highest BCUT2D eigenvalue weighted by Crippen LogP contribution is 2.40. The zero-order valence-electron chi connectivity index (χ0n) is 15.2. The molecule has 29 heavy (non-hydrogen) atoms. The second-order valence-electron chi connectivity index (χ2n) is 6.77. The maximum atomic E-state index is 10.3. The minimum absolute atomic E-state index is 0.220. The standard InChI is InChI=1S/C18H18N8O2S/c27-13-9-29-15(14(13)28)12-8-21-18-17(19-4-5-26(12)18)20-7-10-2-1-3-11(6-10)16-22-24-25-23-16/h1-6,8,13-15,27-28H,7,9H2,(H,19,20)(H,22,23,24,25)/t13-,14-,15+/m1/s1. The van der Waals surface area contributed by atoms with Crippen LogP contribution in [0, 0.1) is 0 Å². The number of aliphatic hydroxyl groups excluding tert-OH is 2. The van der Waals surface area contributed by atoms with Gasteiger partial charge in [-0.05, 0) is 22.1 Å². The van der Waals surface area contributed by atoms with E-state index in [4.69, 9.17) is 0 Å². The van der Waals surface area contributed by atoms with Crippen molar-refractivity contribution in [2.75, 3.05) is 11.1 Å². The van der Waals surface area contributed by atoms with Gasteiger partial charge in [-0.25, -0.2) is 15.1 Å². The lowest BCUT2D eigenvalue weighted by atomic mass is 10.1. The number of hydrogen-bond donors (Lipinski definition) is 4. The third kappa shape index (κ3) is 3.33. The van der Waals surface area contributed by atoms with Crippen LogP contribution >= 0.6 is 11.8 Å². The number of imidazole rings is 1. The van der Waals surface area contributed by atoms with Gasteiger partial charge in [0.15, 0.2) is 17.3 Å². The zero-order valence-corrected chi connectivity index (χ0v) is 16.0. The molecule has 4 aromatic rings. The Balaban J connectivity index is 1.39. The number of anilines is 1. The average molecular weight is 410 g/mol. The van der Waals surface area contributed by atoms with Gasteiger partial charge in [-0.15, -0.1) is 16.9 Å². The first-order valence-corrected chi connectivity index (χ1v) is 10.1. The van der Waals surface area contributed by atoms with E-state index in [2.05, 4.69) is 35.9 Å². The predicted molar refractivity (Wildman–Crippen MR) is 107 cm³/mol. The normalized spacial score (nSPS) is 21.7. The number of aliphatic hydroxyl groups is 2. The van der Waals surface area contributed by atoms with Crippen molar-refractivity contribution < 1.29 is 10.2 Å². The summed E-state index contributed by atoms with van der Waals surface area (Å²) in [6.45, 7) is 0.545. The number of benzene rings is 1. The Hall–Kier alpha value is -3.02. The molecule has 3 aromatic heterocycles. The molecular formula is C18H18N8O2S. The first-order valence-electron chi connectivity index (χ1n) is 9.07. The highest BCUT2D eigenvalue weighted by molar-refractivity contribution is 7.99. The van der Waals surface area contributed by atoms with Crippen molar-refractivity contribution in [2.45, 2.75) is 24.0 Å². The predicted octanol–water partition coefficient (Wildman–Crippen LogP) is 1.03. The van der Waals surface area contributed by atoms with Crippen LogP contribution in [0.25, 0.3) is 17.0 Å². The van der Waals surface area contributed by atoms with Crippen LogP contribution in [-0.2, 0) is 6.54 Å². The molecule has 0 amide bonds. The van der Waals surface area contributed by atoms with E-state index in [1.165, 1.54) is 11.8 Å². The highest BCUT2D eigenvalue weighted by atomic mass is 32.2. The van der Waals surface area contributed by atoms with Crippen LogP contribution in [0.2, 0.25) is 0 Å². The number of aromatic nitrogens is 7. The molecule has 11 heteroatoms. The van der Waals surface area contributed by atoms with Crippen molar-refractivity contribution in [3.63, 3.8) is 0 Å². The molecule has 1 aliphatic rings. The summed E-state index contributed by atoms with van der Waals surface area (Å²) >= 11 is 1.53. The van der Waals surface area contributed by atoms with Crippen molar-refractivity contribution in [1.29, 1.82) is 0 Å². The maximum Gasteiger partial charge on any atom is 0.180 e. The van der Waals surface area contributed by atoms with E-state index in [0.29, 0.717) is 29.6 Å². The summed E-state index contributed by atoms with van der Waals surface area (Å²) in [4.78, 5) is 8.91. The van der Waals surface area contributed by atoms with Crippen molar-refractivity contribution in [3.05, 3.63) is 54.1 Å². The number of nitrogens with one attached hydrogen (secondary N) is 2. The van der Waals surface area contributed by atoms with E-state index in [-0.39, 0.29) is 5.25 Å². The Morgan fingerprint density at radius 3 is 3.00 bits per heavy atom. The lowest BCUT2D eigenvalue weighted by Crippen LogP contribution is -2.25. The van der Waals surface area contributed by atoms with Gasteiger partial charge in [0.05, 0.1) is 29.3 Å². The lowest BCUT2D eigenvalue weighted by molar-refractivity contribution is 0.0411. The molecule has 3 atom stereocenters. The molecular weight excluding hydrogens is 392 g/mol. The smallest absolute Gasteiger partial charge is 0.180 e. The SMILES string of the molecule is O[C@@H]1[C@H](O)CS[C@H]1c1cnc2c(NCc3cccc(-c4nnn[nH]4)c3)nccn12. The van der Waals surface area contributed by atoms with Crippen LogP contribution in [0.1, 0.15) is 16.5 Å². The zero-order chi connectivity index (χ0) is 19.8. The van der Waals surface area contributed by atoms with Crippen LogP contribution in [0.15, 0.2) is 42.9 Å². The number of fused-ring (bicyclic) bond motifs is 1. The van der Waals surface area contributed by atoms with Gasteiger partial charge in [0.2, 0.25) is 0 Å². The molecule has 148 valence electrons. The van der Waals surface area contributed by atoms with Gasteiger partial charge in [0.1, 0.15) is 0 Å². The number of H-pyrrole nitrogens is 1. The number of hydrogen-bond acceptors (Lipinski definition) is 9. The quantitative estimate of drug-likeness (QED) is 0.380. The van der Waals surface area contributed by atoms with Gasteiger partial charge in [-0.3, -0.25) is 4.40 Å². The van der Waals surface area contributed by atoms with Crippen LogP contribution in [0.3, 0.4) is 0 Å². The fourth-order valence-corrected chi connectivity index (χ4v) is 4.76. The van der Waals surface area contributed by atoms with Crippen LogP contribution in [0.4, 0.5) is 5.82 Å². The number of tetrazole rings is 1. The second kappa shape index (κ2) is 7.43. The third-order valence-electron chi connectivity index (χ3n) is 4.90.